The van der Waals surface area contributed by atoms with E-state index in [-0.39, 0.29) is 19.2 Å². The molecule has 162 valence electrons. The average Bonchev–Trinajstić information content (AvgIpc) is 2.75. The highest BCUT2D eigenvalue weighted by Gasteiger charge is 2.32. The van der Waals surface area contributed by atoms with E-state index in [1.807, 2.05) is 12.1 Å². The van der Waals surface area contributed by atoms with Crippen molar-refractivity contribution in [2.24, 2.45) is 0 Å². The number of hydrogen-bond donors (Lipinski definition) is 0. The van der Waals surface area contributed by atoms with E-state index >= 15 is 0 Å². The second-order valence-electron chi connectivity index (χ2n) is 7.56. The molecular weight excluding hydrogens is 392 g/mol. The Bertz CT molecular complexity index is 770. The molecule has 0 aliphatic carbocycles. The lowest BCUT2D eigenvalue weighted by Gasteiger charge is -2.35. The number of amides is 1. The van der Waals surface area contributed by atoms with Crippen LogP contribution in [0.5, 0.6) is 0 Å². The van der Waals surface area contributed by atoms with Gasteiger partial charge in [0.2, 0.25) is 0 Å². The molecule has 0 bridgehead atoms. The van der Waals surface area contributed by atoms with Crippen LogP contribution in [0.4, 0.5) is 10.5 Å². The van der Waals surface area contributed by atoms with Gasteiger partial charge in [0.25, 0.3) is 10.2 Å². The molecule has 9 heteroatoms. The highest BCUT2D eigenvalue weighted by Crippen LogP contribution is 2.21. The summed E-state index contributed by atoms with van der Waals surface area (Å²) < 4.78 is 33.6. The van der Waals surface area contributed by atoms with Gasteiger partial charge in [-0.2, -0.15) is 17.0 Å². The minimum absolute atomic E-state index is 0.277. The molecule has 0 N–H and O–H groups in total. The quantitative estimate of drug-likeness (QED) is 0.699. The van der Waals surface area contributed by atoms with Crippen molar-refractivity contribution in [1.82, 2.24) is 13.5 Å². The molecule has 2 heterocycles. The fourth-order valence-electron chi connectivity index (χ4n) is 3.82. The fourth-order valence-corrected chi connectivity index (χ4v) is 5.15. The summed E-state index contributed by atoms with van der Waals surface area (Å²) in [5.41, 5.74) is 2.16. The van der Waals surface area contributed by atoms with Crippen LogP contribution in [0, 0.1) is 0 Å². The topological polar surface area (TPSA) is 73.4 Å². The number of rotatable bonds is 6. The summed E-state index contributed by atoms with van der Waals surface area (Å²) in [6, 6.07) is 8.18. The number of ether oxygens (including phenoxy) is 1. The van der Waals surface area contributed by atoms with Gasteiger partial charge < -0.3 is 14.5 Å². The predicted octanol–water partition coefficient (Wildman–Crippen LogP) is 2.13. The Morgan fingerprint density at radius 1 is 1.00 bits per heavy atom. The fraction of sp³-hybridized carbons (Fsp3) is 0.650. The SMILES string of the molecule is CCOC(=O)N1CCN(S(=O)(=O)N(C)Cc2ccc(N3CCCCC3)cc2)CC1. The normalized spacial score (nSPS) is 18.9. The molecule has 0 saturated carbocycles. The number of carbonyl (C=O) groups excluding carboxylic acids is 1. The minimum atomic E-state index is -3.57. The van der Waals surface area contributed by atoms with Crippen LogP contribution in [-0.2, 0) is 21.5 Å². The van der Waals surface area contributed by atoms with Crippen LogP contribution in [0.1, 0.15) is 31.7 Å². The number of benzene rings is 1. The Kier molecular flexibility index (Phi) is 7.37. The van der Waals surface area contributed by atoms with Gasteiger partial charge in [-0.25, -0.2) is 4.79 Å². The first-order valence-electron chi connectivity index (χ1n) is 10.4. The summed E-state index contributed by atoms with van der Waals surface area (Å²) in [6.45, 7) is 5.81. The minimum Gasteiger partial charge on any atom is -0.450 e. The highest BCUT2D eigenvalue weighted by molar-refractivity contribution is 7.86. The van der Waals surface area contributed by atoms with Gasteiger partial charge in [-0.05, 0) is 43.9 Å². The van der Waals surface area contributed by atoms with Gasteiger partial charge in [0.1, 0.15) is 0 Å². The molecule has 8 nitrogen and oxygen atoms in total. The molecule has 0 aromatic heterocycles. The summed E-state index contributed by atoms with van der Waals surface area (Å²) in [4.78, 5) is 15.7. The van der Waals surface area contributed by atoms with Crippen molar-refractivity contribution >= 4 is 22.0 Å². The third-order valence-corrected chi connectivity index (χ3v) is 7.48. The molecule has 1 aromatic carbocycles. The molecule has 1 amide bonds. The van der Waals surface area contributed by atoms with Crippen molar-refractivity contribution in [2.45, 2.75) is 32.7 Å². The van der Waals surface area contributed by atoms with E-state index in [1.165, 1.54) is 33.6 Å². The van der Waals surface area contributed by atoms with Gasteiger partial charge in [0.15, 0.2) is 0 Å². The lowest BCUT2D eigenvalue weighted by molar-refractivity contribution is 0.0925. The highest BCUT2D eigenvalue weighted by atomic mass is 32.2. The van der Waals surface area contributed by atoms with Gasteiger partial charge in [0.05, 0.1) is 6.61 Å². The first-order chi connectivity index (χ1) is 13.9. The first-order valence-corrected chi connectivity index (χ1v) is 11.8. The van der Waals surface area contributed by atoms with Crippen LogP contribution in [0.3, 0.4) is 0 Å². The molecule has 2 fully saturated rings. The van der Waals surface area contributed by atoms with E-state index < -0.39 is 10.2 Å². The second-order valence-corrected chi connectivity index (χ2v) is 9.60. The molecule has 0 spiro atoms. The summed E-state index contributed by atoms with van der Waals surface area (Å²) >= 11 is 0. The number of nitrogens with zero attached hydrogens (tertiary/aromatic N) is 4. The van der Waals surface area contributed by atoms with E-state index in [4.69, 9.17) is 4.74 Å². The zero-order chi connectivity index (χ0) is 20.9. The molecule has 0 radical (unpaired) electrons. The van der Waals surface area contributed by atoms with Crippen molar-refractivity contribution in [3.8, 4) is 0 Å². The van der Waals surface area contributed by atoms with Crippen LogP contribution in [0.15, 0.2) is 24.3 Å². The number of anilines is 1. The maximum atomic E-state index is 12.9. The van der Waals surface area contributed by atoms with E-state index in [0.717, 1.165) is 18.7 Å². The Hall–Kier alpha value is -1.84. The van der Waals surface area contributed by atoms with E-state index in [9.17, 15) is 13.2 Å². The molecule has 3 rings (SSSR count). The largest absolute Gasteiger partial charge is 0.450 e. The summed E-state index contributed by atoms with van der Waals surface area (Å²) in [5, 5.41) is 0. The van der Waals surface area contributed by atoms with Gasteiger partial charge in [0, 0.05) is 58.5 Å². The van der Waals surface area contributed by atoms with Gasteiger partial charge in [-0.15, -0.1) is 0 Å². The van der Waals surface area contributed by atoms with Gasteiger partial charge in [-0.1, -0.05) is 12.1 Å². The first kappa shape index (κ1) is 21.9. The summed E-state index contributed by atoms with van der Waals surface area (Å²) in [7, 11) is -1.97. The molecule has 2 saturated heterocycles. The van der Waals surface area contributed by atoms with Crippen molar-refractivity contribution in [3.63, 3.8) is 0 Å². The lowest BCUT2D eigenvalue weighted by atomic mass is 10.1. The Morgan fingerprint density at radius 3 is 2.21 bits per heavy atom. The van der Waals surface area contributed by atoms with E-state index in [2.05, 4.69) is 17.0 Å². The number of piperazine rings is 1. The Labute approximate surface area is 174 Å². The van der Waals surface area contributed by atoms with Crippen molar-refractivity contribution < 1.29 is 17.9 Å². The summed E-state index contributed by atoms with van der Waals surface area (Å²) in [6.07, 6.45) is 3.37. The van der Waals surface area contributed by atoms with Crippen molar-refractivity contribution in [1.29, 1.82) is 0 Å². The van der Waals surface area contributed by atoms with E-state index in [0.29, 0.717) is 26.2 Å². The van der Waals surface area contributed by atoms with Crippen LogP contribution in [0.25, 0.3) is 0 Å². The molecule has 0 atom stereocenters. The van der Waals surface area contributed by atoms with Crippen molar-refractivity contribution in [2.75, 3.05) is 57.8 Å². The Morgan fingerprint density at radius 2 is 1.62 bits per heavy atom. The summed E-state index contributed by atoms with van der Waals surface area (Å²) in [5.74, 6) is 0. The van der Waals surface area contributed by atoms with Crippen molar-refractivity contribution in [3.05, 3.63) is 29.8 Å². The molecule has 29 heavy (non-hydrogen) atoms. The van der Waals surface area contributed by atoms with Crippen LogP contribution >= 0.6 is 0 Å². The maximum Gasteiger partial charge on any atom is 0.409 e. The molecule has 2 aliphatic heterocycles. The van der Waals surface area contributed by atoms with Crippen LogP contribution < -0.4 is 4.90 Å². The zero-order valence-electron chi connectivity index (χ0n) is 17.4. The predicted molar refractivity (Wildman–Crippen MR) is 113 cm³/mol. The number of piperidine rings is 1. The third-order valence-electron chi connectivity index (χ3n) is 5.55. The van der Waals surface area contributed by atoms with Gasteiger partial charge in [-0.3, -0.25) is 0 Å². The molecule has 2 aliphatic rings. The lowest BCUT2D eigenvalue weighted by Crippen LogP contribution is -2.53. The maximum absolute atomic E-state index is 12.9. The van der Waals surface area contributed by atoms with Crippen LogP contribution in [-0.4, -0.2) is 80.9 Å². The number of carbonyl (C=O) groups is 1. The van der Waals surface area contributed by atoms with Crippen LogP contribution in [0.2, 0.25) is 0 Å². The smallest absolute Gasteiger partial charge is 0.409 e. The van der Waals surface area contributed by atoms with Gasteiger partial charge >= 0.3 is 6.09 Å². The Balaban J connectivity index is 1.55. The standard InChI is InChI=1S/C20H32N4O4S/c1-3-28-20(25)23-13-15-24(16-14-23)29(26,27)21(2)17-18-7-9-19(10-8-18)22-11-5-4-6-12-22/h7-10H,3-6,11-17H2,1-2H3. The van der Waals surface area contributed by atoms with E-state index in [1.54, 1.807) is 18.9 Å². The molecule has 1 aromatic rings. The second kappa shape index (κ2) is 9.77. The number of hydrogen-bond acceptors (Lipinski definition) is 5. The zero-order valence-corrected chi connectivity index (χ0v) is 18.2. The molecular formula is C20H32N4O4S. The average molecular weight is 425 g/mol. The monoisotopic (exact) mass is 424 g/mol. The third kappa shape index (κ3) is 5.40. The molecule has 0 unspecified atom stereocenters.